The summed E-state index contributed by atoms with van der Waals surface area (Å²) in [5, 5.41) is 0.465. The summed E-state index contributed by atoms with van der Waals surface area (Å²) < 4.78 is 92.2. The number of carbonyl (C=O) groups excluding carboxylic acids is 1. The molecule has 37 heavy (non-hydrogen) atoms. The zero-order chi connectivity index (χ0) is 26.8. The molecule has 1 heterocycles. The van der Waals surface area contributed by atoms with Crippen molar-refractivity contribution in [1.82, 2.24) is 4.90 Å². The smallest absolute Gasteiger partial charge is 0.420 e. The molecule has 4 rings (SSSR count). The van der Waals surface area contributed by atoms with Gasteiger partial charge in [-0.25, -0.2) is 0 Å². The minimum atomic E-state index is -4.70. The van der Waals surface area contributed by atoms with E-state index in [0.717, 1.165) is 24.9 Å². The monoisotopic (exact) mass is 531 g/mol. The third-order valence-electron chi connectivity index (χ3n) is 7.51. The number of ether oxygens (including phenoxy) is 2. The average molecular weight is 532 g/mol. The number of nitrogens with zero attached hydrogens (tertiary/aromatic N) is 1. The van der Waals surface area contributed by atoms with Crippen molar-refractivity contribution in [2.45, 2.75) is 69.9 Å². The van der Waals surface area contributed by atoms with Crippen LogP contribution in [0.5, 0.6) is 5.75 Å². The maximum absolute atomic E-state index is 14.3. The number of hydrogen-bond acceptors (Lipinski definition) is 4. The molecule has 0 N–H and O–H groups in total. The van der Waals surface area contributed by atoms with E-state index in [4.69, 9.17) is 9.47 Å². The van der Waals surface area contributed by atoms with Crippen molar-refractivity contribution in [2.24, 2.45) is 11.8 Å². The SMILES string of the molecule is COC(=O)C[C@H]1CCCN(Cc2cccc3c(C(F)(F)F)c(OC4CCC(C(F)(F)F)CC4)ccc23)C1. The molecule has 1 aliphatic heterocycles. The molecule has 2 aromatic rings. The zero-order valence-electron chi connectivity index (χ0n) is 20.6. The maximum atomic E-state index is 14.3. The standard InChI is InChI=1S/C27H31F6NO3/c1-36-24(35)14-17-4-3-13-34(15-17)16-18-5-2-6-22-21(18)11-12-23(25(22)27(31,32)33)37-20-9-7-19(8-10-20)26(28,29)30/h2,5-6,11-12,17,19-20H,3-4,7-10,13-16H2,1H3/t17-,19?,20?/m1/s1. The number of carbonyl (C=O) groups is 1. The molecule has 4 nitrogen and oxygen atoms in total. The van der Waals surface area contributed by atoms with Gasteiger partial charge in [-0.05, 0) is 73.4 Å². The molecule has 1 aliphatic carbocycles. The molecule has 0 spiro atoms. The third kappa shape index (κ3) is 6.69. The Kier molecular flexibility index (Phi) is 8.26. The number of esters is 1. The van der Waals surface area contributed by atoms with Gasteiger partial charge in [0.05, 0.1) is 19.1 Å². The fraction of sp³-hybridized carbons (Fsp3) is 0.593. The molecule has 0 unspecified atom stereocenters. The van der Waals surface area contributed by atoms with E-state index in [9.17, 15) is 31.1 Å². The van der Waals surface area contributed by atoms with Crippen LogP contribution in [0.4, 0.5) is 26.3 Å². The minimum Gasteiger partial charge on any atom is -0.490 e. The van der Waals surface area contributed by atoms with Crippen molar-refractivity contribution in [3.05, 3.63) is 41.5 Å². The van der Waals surface area contributed by atoms with Crippen molar-refractivity contribution < 1.29 is 40.6 Å². The highest BCUT2D eigenvalue weighted by molar-refractivity contribution is 5.91. The molecule has 0 radical (unpaired) electrons. The second-order valence-electron chi connectivity index (χ2n) is 10.1. The lowest BCUT2D eigenvalue weighted by molar-refractivity contribution is -0.185. The normalized spacial score (nSPS) is 23.7. The minimum absolute atomic E-state index is 0.00889. The number of halogens is 6. The van der Waals surface area contributed by atoms with Crippen LogP contribution in [0.3, 0.4) is 0 Å². The van der Waals surface area contributed by atoms with Crippen molar-refractivity contribution in [1.29, 1.82) is 0 Å². The van der Waals surface area contributed by atoms with E-state index in [2.05, 4.69) is 4.90 Å². The predicted molar refractivity (Wildman–Crippen MR) is 126 cm³/mol. The first-order chi connectivity index (χ1) is 17.5. The third-order valence-corrected chi connectivity index (χ3v) is 7.51. The van der Waals surface area contributed by atoms with Gasteiger partial charge in [-0.15, -0.1) is 0 Å². The lowest BCUT2D eigenvalue weighted by Gasteiger charge is -2.33. The Morgan fingerprint density at radius 2 is 1.70 bits per heavy atom. The van der Waals surface area contributed by atoms with Crippen LogP contribution >= 0.6 is 0 Å². The highest BCUT2D eigenvalue weighted by atomic mass is 19.4. The molecule has 2 aromatic carbocycles. The van der Waals surface area contributed by atoms with Crippen LogP contribution in [0.2, 0.25) is 0 Å². The predicted octanol–water partition coefficient (Wildman–Crippen LogP) is 7.13. The number of methoxy groups -OCH3 is 1. The van der Waals surface area contributed by atoms with E-state index >= 15 is 0 Å². The molecular weight excluding hydrogens is 500 g/mol. The van der Waals surface area contributed by atoms with Crippen molar-refractivity contribution in [3.8, 4) is 5.75 Å². The number of rotatable bonds is 6. The second kappa shape index (κ2) is 11.1. The first-order valence-electron chi connectivity index (χ1n) is 12.6. The molecule has 0 aromatic heterocycles. The molecule has 0 amide bonds. The van der Waals surface area contributed by atoms with Gasteiger partial charge in [0, 0.05) is 19.5 Å². The van der Waals surface area contributed by atoms with Crippen LogP contribution in [-0.2, 0) is 22.3 Å². The number of benzene rings is 2. The second-order valence-corrected chi connectivity index (χ2v) is 10.1. The Hall–Kier alpha value is -2.49. The molecular formula is C27H31F6NO3. The number of fused-ring (bicyclic) bond motifs is 1. The van der Waals surface area contributed by atoms with Crippen LogP contribution in [0.25, 0.3) is 10.8 Å². The zero-order valence-corrected chi connectivity index (χ0v) is 20.6. The van der Waals surface area contributed by atoms with E-state index in [0.29, 0.717) is 24.9 Å². The molecule has 0 bridgehead atoms. The van der Waals surface area contributed by atoms with Crippen molar-refractivity contribution in [3.63, 3.8) is 0 Å². The van der Waals surface area contributed by atoms with Gasteiger partial charge < -0.3 is 9.47 Å². The fourth-order valence-corrected chi connectivity index (χ4v) is 5.64. The Bertz CT molecular complexity index is 1090. The van der Waals surface area contributed by atoms with Crippen LogP contribution in [-0.4, -0.2) is 43.3 Å². The van der Waals surface area contributed by atoms with E-state index in [1.165, 1.54) is 19.2 Å². The van der Waals surface area contributed by atoms with Crippen LogP contribution in [0.1, 0.15) is 56.1 Å². The molecule has 1 atom stereocenters. The summed E-state index contributed by atoms with van der Waals surface area (Å²) in [5.74, 6) is -1.92. The number of alkyl halides is 6. The summed E-state index contributed by atoms with van der Waals surface area (Å²) in [7, 11) is 1.35. The van der Waals surface area contributed by atoms with E-state index in [1.54, 1.807) is 18.2 Å². The van der Waals surface area contributed by atoms with Gasteiger partial charge in [0.1, 0.15) is 11.3 Å². The number of piperidine rings is 1. The summed E-state index contributed by atoms with van der Waals surface area (Å²) in [5.41, 5.74) is -0.161. The summed E-state index contributed by atoms with van der Waals surface area (Å²) in [6, 6.07) is 7.69. The first kappa shape index (κ1) is 27.5. The van der Waals surface area contributed by atoms with Crippen molar-refractivity contribution >= 4 is 16.7 Å². The fourth-order valence-electron chi connectivity index (χ4n) is 5.64. The summed E-state index contributed by atoms with van der Waals surface area (Å²) >= 11 is 0. The van der Waals surface area contributed by atoms with E-state index < -0.39 is 29.9 Å². The van der Waals surface area contributed by atoms with Gasteiger partial charge in [0.15, 0.2) is 0 Å². The lowest BCUT2D eigenvalue weighted by Crippen LogP contribution is -2.36. The van der Waals surface area contributed by atoms with Gasteiger partial charge in [-0.2, -0.15) is 26.3 Å². The summed E-state index contributed by atoms with van der Waals surface area (Å²) in [6.45, 7) is 1.87. The Labute approximate surface area is 211 Å². The molecule has 2 fully saturated rings. The van der Waals surface area contributed by atoms with E-state index in [1.807, 2.05) is 0 Å². The topological polar surface area (TPSA) is 38.8 Å². The van der Waals surface area contributed by atoms with Gasteiger partial charge in [0.25, 0.3) is 0 Å². The first-order valence-corrected chi connectivity index (χ1v) is 12.6. The van der Waals surface area contributed by atoms with Gasteiger partial charge in [-0.1, -0.05) is 24.3 Å². The molecule has 1 saturated carbocycles. The number of likely N-dealkylation sites (tertiary alicyclic amines) is 1. The Balaban J connectivity index is 1.55. The largest absolute Gasteiger partial charge is 0.490 e. The van der Waals surface area contributed by atoms with Gasteiger partial charge in [-0.3, -0.25) is 9.69 Å². The summed E-state index contributed by atoms with van der Waals surface area (Å²) in [4.78, 5) is 13.8. The number of hydrogen-bond donors (Lipinski definition) is 0. The molecule has 10 heteroatoms. The molecule has 204 valence electrons. The Morgan fingerprint density at radius 1 is 0.973 bits per heavy atom. The Morgan fingerprint density at radius 3 is 2.35 bits per heavy atom. The summed E-state index contributed by atoms with van der Waals surface area (Å²) in [6.07, 6.45) is -7.79. The van der Waals surface area contributed by atoms with Crippen molar-refractivity contribution in [2.75, 3.05) is 20.2 Å². The molecule has 1 saturated heterocycles. The van der Waals surface area contributed by atoms with Crippen LogP contribution in [0.15, 0.2) is 30.3 Å². The van der Waals surface area contributed by atoms with Gasteiger partial charge >= 0.3 is 18.3 Å². The van der Waals surface area contributed by atoms with Gasteiger partial charge in [0.2, 0.25) is 0 Å². The van der Waals surface area contributed by atoms with E-state index in [-0.39, 0.29) is 48.7 Å². The highest BCUT2D eigenvalue weighted by Crippen LogP contribution is 2.44. The maximum Gasteiger partial charge on any atom is 0.420 e. The lowest BCUT2D eigenvalue weighted by atomic mass is 9.87. The van der Waals surface area contributed by atoms with Crippen LogP contribution < -0.4 is 4.74 Å². The highest BCUT2D eigenvalue weighted by Gasteiger charge is 2.43. The average Bonchev–Trinajstić information content (AvgIpc) is 2.83. The van der Waals surface area contributed by atoms with Crippen LogP contribution in [0, 0.1) is 11.8 Å². The quantitative estimate of drug-likeness (QED) is 0.294. The molecule has 2 aliphatic rings.